The molecule has 1 amide bonds. The number of rotatable bonds is 5. The number of methoxy groups -OCH3 is 1. The second-order valence-electron chi connectivity index (χ2n) is 4.89. The molecule has 0 atom stereocenters. The highest BCUT2D eigenvalue weighted by molar-refractivity contribution is 5.96. The molecule has 1 aliphatic rings. The SMILES string of the molecule is COc1ccccc1C(=O)OCC(=O)Nc1ccc2c(c1)OCO2. The molecule has 1 heterocycles. The summed E-state index contributed by atoms with van der Waals surface area (Å²) in [6.07, 6.45) is 0. The lowest BCUT2D eigenvalue weighted by Gasteiger charge is -2.09. The van der Waals surface area contributed by atoms with Gasteiger partial charge in [-0.1, -0.05) is 12.1 Å². The van der Waals surface area contributed by atoms with Crippen LogP contribution in [0, 0.1) is 0 Å². The van der Waals surface area contributed by atoms with E-state index in [0.717, 1.165) is 0 Å². The third kappa shape index (κ3) is 3.40. The van der Waals surface area contributed by atoms with Gasteiger partial charge in [-0.25, -0.2) is 4.79 Å². The average molecular weight is 329 g/mol. The summed E-state index contributed by atoms with van der Waals surface area (Å²) in [6.45, 7) is -0.255. The minimum absolute atomic E-state index is 0.156. The zero-order valence-electron chi connectivity index (χ0n) is 12.9. The minimum Gasteiger partial charge on any atom is -0.496 e. The number of anilines is 1. The fourth-order valence-corrected chi connectivity index (χ4v) is 2.19. The van der Waals surface area contributed by atoms with Crippen molar-refractivity contribution in [1.29, 1.82) is 0 Å². The Morgan fingerprint density at radius 2 is 1.92 bits per heavy atom. The molecule has 1 aliphatic heterocycles. The average Bonchev–Trinajstić information content (AvgIpc) is 3.07. The Hall–Kier alpha value is -3.22. The van der Waals surface area contributed by atoms with Gasteiger partial charge < -0.3 is 24.3 Å². The summed E-state index contributed by atoms with van der Waals surface area (Å²) in [6, 6.07) is 11.6. The highest BCUT2D eigenvalue weighted by Gasteiger charge is 2.16. The molecule has 0 radical (unpaired) electrons. The second-order valence-corrected chi connectivity index (χ2v) is 4.89. The molecule has 2 aromatic rings. The molecular weight excluding hydrogens is 314 g/mol. The van der Waals surface area contributed by atoms with E-state index in [9.17, 15) is 9.59 Å². The van der Waals surface area contributed by atoms with Crippen LogP contribution >= 0.6 is 0 Å². The molecule has 0 bridgehead atoms. The number of fused-ring (bicyclic) bond motifs is 1. The molecule has 124 valence electrons. The smallest absolute Gasteiger partial charge is 0.342 e. The van der Waals surface area contributed by atoms with Gasteiger partial charge >= 0.3 is 5.97 Å². The Labute approximate surface area is 138 Å². The molecule has 2 aromatic carbocycles. The van der Waals surface area contributed by atoms with Gasteiger partial charge in [0.15, 0.2) is 18.1 Å². The van der Waals surface area contributed by atoms with Crippen LogP contribution in [0.25, 0.3) is 0 Å². The first kappa shape index (κ1) is 15.7. The lowest BCUT2D eigenvalue weighted by atomic mass is 10.2. The van der Waals surface area contributed by atoms with Crippen molar-refractivity contribution in [2.75, 3.05) is 25.8 Å². The van der Waals surface area contributed by atoms with E-state index in [-0.39, 0.29) is 12.4 Å². The molecule has 24 heavy (non-hydrogen) atoms. The minimum atomic E-state index is -0.631. The highest BCUT2D eigenvalue weighted by Crippen LogP contribution is 2.34. The number of esters is 1. The van der Waals surface area contributed by atoms with Crippen molar-refractivity contribution in [3.8, 4) is 17.2 Å². The topological polar surface area (TPSA) is 83.1 Å². The van der Waals surface area contributed by atoms with Crippen molar-refractivity contribution in [2.45, 2.75) is 0 Å². The van der Waals surface area contributed by atoms with E-state index < -0.39 is 18.5 Å². The maximum atomic E-state index is 12.0. The van der Waals surface area contributed by atoms with E-state index in [0.29, 0.717) is 22.9 Å². The first-order valence-corrected chi connectivity index (χ1v) is 7.17. The van der Waals surface area contributed by atoms with Crippen LogP contribution in [0.4, 0.5) is 5.69 Å². The quantitative estimate of drug-likeness (QED) is 0.847. The predicted molar refractivity (Wildman–Crippen MR) is 84.5 cm³/mol. The van der Waals surface area contributed by atoms with Crippen LogP contribution in [-0.4, -0.2) is 32.4 Å². The van der Waals surface area contributed by atoms with E-state index in [1.54, 1.807) is 42.5 Å². The van der Waals surface area contributed by atoms with Gasteiger partial charge in [0.05, 0.1) is 7.11 Å². The molecule has 7 heteroatoms. The van der Waals surface area contributed by atoms with Crippen LogP contribution in [-0.2, 0) is 9.53 Å². The number of hydrogen-bond donors (Lipinski definition) is 1. The normalized spacial score (nSPS) is 11.7. The summed E-state index contributed by atoms with van der Waals surface area (Å²) < 4.78 is 20.5. The van der Waals surface area contributed by atoms with Gasteiger partial charge in [0.25, 0.3) is 5.91 Å². The van der Waals surface area contributed by atoms with Gasteiger partial charge in [-0.15, -0.1) is 0 Å². The van der Waals surface area contributed by atoms with Crippen LogP contribution in [0.15, 0.2) is 42.5 Å². The van der Waals surface area contributed by atoms with Gasteiger partial charge in [0.1, 0.15) is 11.3 Å². The third-order valence-electron chi connectivity index (χ3n) is 3.32. The van der Waals surface area contributed by atoms with Crippen LogP contribution in [0.2, 0.25) is 0 Å². The van der Waals surface area contributed by atoms with Crippen LogP contribution in [0.1, 0.15) is 10.4 Å². The lowest BCUT2D eigenvalue weighted by Crippen LogP contribution is -2.21. The van der Waals surface area contributed by atoms with Crippen molar-refractivity contribution in [3.05, 3.63) is 48.0 Å². The fourth-order valence-electron chi connectivity index (χ4n) is 2.19. The maximum Gasteiger partial charge on any atom is 0.342 e. The number of hydrogen-bond acceptors (Lipinski definition) is 6. The van der Waals surface area contributed by atoms with Gasteiger partial charge in [-0.05, 0) is 24.3 Å². The van der Waals surface area contributed by atoms with Crippen molar-refractivity contribution in [3.63, 3.8) is 0 Å². The lowest BCUT2D eigenvalue weighted by molar-refractivity contribution is -0.119. The van der Waals surface area contributed by atoms with Crippen molar-refractivity contribution in [1.82, 2.24) is 0 Å². The highest BCUT2D eigenvalue weighted by atomic mass is 16.7. The molecule has 0 saturated heterocycles. The van der Waals surface area contributed by atoms with Gasteiger partial charge in [0.2, 0.25) is 6.79 Å². The van der Waals surface area contributed by atoms with Crippen molar-refractivity contribution >= 4 is 17.6 Å². The first-order valence-electron chi connectivity index (χ1n) is 7.17. The maximum absolute atomic E-state index is 12.0. The molecule has 0 spiro atoms. The number of ether oxygens (including phenoxy) is 4. The number of para-hydroxylation sites is 1. The largest absolute Gasteiger partial charge is 0.496 e. The van der Waals surface area contributed by atoms with Gasteiger partial charge in [-0.3, -0.25) is 4.79 Å². The molecule has 0 unspecified atom stereocenters. The molecule has 3 rings (SSSR count). The molecular formula is C17H15NO6. The Morgan fingerprint density at radius 3 is 2.75 bits per heavy atom. The Morgan fingerprint density at radius 1 is 1.12 bits per heavy atom. The van der Waals surface area contributed by atoms with Crippen LogP contribution in [0.3, 0.4) is 0 Å². The predicted octanol–water partition coefficient (Wildman–Crippen LogP) is 2.22. The molecule has 0 saturated carbocycles. The summed E-state index contributed by atoms with van der Waals surface area (Å²) in [5.74, 6) is 0.471. The van der Waals surface area contributed by atoms with Crippen molar-refractivity contribution in [2.24, 2.45) is 0 Å². The van der Waals surface area contributed by atoms with Crippen LogP contribution < -0.4 is 19.5 Å². The number of benzene rings is 2. The standard InChI is InChI=1S/C17H15NO6/c1-21-13-5-3-2-4-12(13)17(20)22-9-16(19)18-11-6-7-14-15(8-11)24-10-23-14/h2-8H,9-10H2,1H3,(H,18,19). The number of carbonyl (C=O) groups is 2. The van der Waals surface area contributed by atoms with E-state index in [2.05, 4.69) is 5.32 Å². The summed E-state index contributed by atoms with van der Waals surface area (Å²) in [7, 11) is 1.46. The number of nitrogens with one attached hydrogen (secondary N) is 1. The van der Waals surface area contributed by atoms with Crippen LogP contribution in [0.5, 0.6) is 17.2 Å². The zero-order chi connectivity index (χ0) is 16.9. The molecule has 0 aliphatic carbocycles. The Kier molecular flexibility index (Phi) is 4.51. The molecule has 7 nitrogen and oxygen atoms in total. The van der Waals surface area contributed by atoms with E-state index in [4.69, 9.17) is 18.9 Å². The monoisotopic (exact) mass is 329 g/mol. The van der Waals surface area contributed by atoms with E-state index in [1.807, 2.05) is 0 Å². The first-order chi connectivity index (χ1) is 11.7. The molecule has 1 N–H and O–H groups in total. The Bertz CT molecular complexity index is 773. The molecule has 0 aromatic heterocycles. The fraction of sp³-hybridized carbons (Fsp3) is 0.176. The number of carbonyl (C=O) groups excluding carboxylic acids is 2. The van der Waals surface area contributed by atoms with Crippen molar-refractivity contribution < 1.29 is 28.5 Å². The van der Waals surface area contributed by atoms with E-state index >= 15 is 0 Å². The zero-order valence-corrected chi connectivity index (χ0v) is 12.9. The summed E-state index contributed by atoms with van der Waals surface area (Å²) in [4.78, 5) is 23.9. The number of amides is 1. The van der Waals surface area contributed by atoms with Gasteiger partial charge in [0, 0.05) is 11.8 Å². The third-order valence-corrected chi connectivity index (χ3v) is 3.32. The molecule has 0 fully saturated rings. The van der Waals surface area contributed by atoms with E-state index in [1.165, 1.54) is 7.11 Å². The summed E-state index contributed by atoms with van der Waals surface area (Å²) in [5, 5.41) is 2.62. The Balaban J connectivity index is 1.56. The second kappa shape index (κ2) is 6.91. The summed E-state index contributed by atoms with van der Waals surface area (Å²) in [5.41, 5.74) is 0.786. The summed E-state index contributed by atoms with van der Waals surface area (Å²) >= 11 is 0. The van der Waals surface area contributed by atoms with Gasteiger partial charge in [-0.2, -0.15) is 0 Å².